The van der Waals surface area contributed by atoms with E-state index in [2.05, 4.69) is 11.8 Å². The summed E-state index contributed by atoms with van der Waals surface area (Å²) in [5.74, 6) is 5.23. The van der Waals surface area contributed by atoms with Crippen molar-refractivity contribution >= 4 is 0 Å². The monoisotopic (exact) mass is 170 g/mol. The standard InChI is InChI=1S/C10H18O2/c1-9(2,3)7-8-10(4,11-5)12-6/h1-6H3. The maximum Gasteiger partial charge on any atom is 0.230 e. The zero-order chi connectivity index (χ0) is 9.83. The van der Waals surface area contributed by atoms with Crippen molar-refractivity contribution in [3.63, 3.8) is 0 Å². The van der Waals surface area contributed by atoms with Gasteiger partial charge >= 0.3 is 0 Å². The van der Waals surface area contributed by atoms with Gasteiger partial charge in [-0.3, -0.25) is 0 Å². The van der Waals surface area contributed by atoms with Crippen LogP contribution in [0.3, 0.4) is 0 Å². The molecule has 0 aliphatic carbocycles. The normalized spacial score (nSPS) is 12.2. The summed E-state index contributed by atoms with van der Waals surface area (Å²) in [7, 11) is 3.17. The van der Waals surface area contributed by atoms with Crippen molar-refractivity contribution in [1.82, 2.24) is 0 Å². The molecule has 0 spiro atoms. The quantitative estimate of drug-likeness (QED) is 0.466. The Labute approximate surface area is 75.3 Å². The van der Waals surface area contributed by atoms with Crippen LogP contribution in [-0.2, 0) is 9.47 Å². The minimum Gasteiger partial charge on any atom is -0.343 e. The van der Waals surface area contributed by atoms with Gasteiger partial charge in [0.05, 0.1) is 0 Å². The van der Waals surface area contributed by atoms with Crippen LogP contribution in [0.4, 0.5) is 0 Å². The van der Waals surface area contributed by atoms with Gasteiger partial charge in [-0.1, -0.05) is 5.92 Å². The summed E-state index contributed by atoms with van der Waals surface area (Å²) in [5.41, 5.74) is -0.0156. The van der Waals surface area contributed by atoms with Crippen molar-refractivity contribution < 1.29 is 9.47 Å². The lowest BCUT2D eigenvalue weighted by atomic mass is 9.97. The number of methoxy groups -OCH3 is 2. The van der Waals surface area contributed by atoms with E-state index < -0.39 is 5.79 Å². The average molecular weight is 170 g/mol. The van der Waals surface area contributed by atoms with E-state index in [1.165, 1.54) is 0 Å². The molecule has 0 N–H and O–H groups in total. The second kappa shape index (κ2) is 3.93. The molecule has 0 aromatic carbocycles. The van der Waals surface area contributed by atoms with Gasteiger partial charge in [-0.05, 0) is 26.7 Å². The van der Waals surface area contributed by atoms with Crippen LogP contribution >= 0.6 is 0 Å². The van der Waals surface area contributed by atoms with E-state index in [1.807, 2.05) is 20.8 Å². The lowest BCUT2D eigenvalue weighted by molar-refractivity contribution is -0.148. The SMILES string of the molecule is COC(C)(C#CC(C)(C)C)OC. The lowest BCUT2D eigenvalue weighted by Gasteiger charge is -2.20. The fraction of sp³-hybridized carbons (Fsp3) is 0.800. The van der Waals surface area contributed by atoms with E-state index in [1.54, 1.807) is 21.1 Å². The summed E-state index contributed by atoms with van der Waals surface area (Å²) in [6.07, 6.45) is 0. The van der Waals surface area contributed by atoms with Crippen molar-refractivity contribution in [1.29, 1.82) is 0 Å². The Bertz CT molecular complexity index is 186. The van der Waals surface area contributed by atoms with E-state index in [9.17, 15) is 0 Å². The van der Waals surface area contributed by atoms with Crippen LogP contribution in [-0.4, -0.2) is 20.0 Å². The Morgan fingerprint density at radius 1 is 0.833 bits per heavy atom. The Hall–Kier alpha value is -0.520. The maximum absolute atomic E-state index is 5.09. The van der Waals surface area contributed by atoms with Crippen LogP contribution in [0.15, 0.2) is 0 Å². The van der Waals surface area contributed by atoms with Crippen molar-refractivity contribution in [2.24, 2.45) is 5.41 Å². The van der Waals surface area contributed by atoms with Crippen LogP contribution in [0.2, 0.25) is 0 Å². The van der Waals surface area contributed by atoms with Crippen molar-refractivity contribution in [2.75, 3.05) is 14.2 Å². The topological polar surface area (TPSA) is 18.5 Å². The lowest BCUT2D eigenvalue weighted by Crippen LogP contribution is -2.27. The summed E-state index contributed by atoms with van der Waals surface area (Å²) in [6, 6.07) is 0. The predicted octanol–water partition coefficient (Wildman–Crippen LogP) is 2.04. The smallest absolute Gasteiger partial charge is 0.230 e. The number of hydrogen-bond acceptors (Lipinski definition) is 2. The van der Waals surface area contributed by atoms with Gasteiger partial charge in [0.1, 0.15) is 0 Å². The molecule has 0 aromatic rings. The third-order valence-electron chi connectivity index (χ3n) is 1.44. The Morgan fingerprint density at radius 3 is 1.50 bits per heavy atom. The van der Waals surface area contributed by atoms with E-state index in [0.29, 0.717) is 0 Å². The predicted molar refractivity (Wildman–Crippen MR) is 49.7 cm³/mol. The molecule has 2 nitrogen and oxygen atoms in total. The van der Waals surface area contributed by atoms with Gasteiger partial charge in [0.15, 0.2) is 0 Å². The number of rotatable bonds is 2. The number of hydrogen-bond donors (Lipinski definition) is 0. The molecule has 2 heteroatoms. The molecule has 0 aliphatic heterocycles. The van der Waals surface area contributed by atoms with E-state index >= 15 is 0 Å². The zero-order valence-corrected chi connectivity index (χ0v) is 8.82. The molecular weight excluding hydrogens is 152 g/mol. The second-order valence-corrected chi connectivity index (χ2v) is 3.85. The molecular formula is C10H18O2. The molecule has 0 bridgehead atoms. The highest BCUT2D eigenvalue weighted by Crippen LogP contribution is 2.13. The van der Waals surface area contributed by atoms with Crippen LogP contribution in [0, 0.1) is 17.3 Å². The third kappa shape index (κ3) is 4.38. The third-order valence-corrected chi connectivity index (χ3v) is 1.44. The van der Waals surface area contributed by atoms with Crippen molar-refractivity contribution in [3.05, 3.63) is 0 Å². The molecule has 0 aliphatic rings. The van der Waals surface area contributed by atoms with E-state index in [-0.39, 0.29) is 5.41 Å². The summed E-state index contributed by atoms with van der Waals surface area (Å²) in [5, 5.41) is 0. The first-order valence-electron chi connectivity index (χ1n) is 3.97. The molecule has 12 heavy (non-hydrogen) atoms. The number of ether oxygens (including phenoxy) is 2. The summed E-state index contributed by atoms with van der Waals surface area (Å²) in [6.45, 7) is 7.94. The van der Waals surface area contributed by atoms with Crippen molar-refractivity contribution in [2.45, 2.75) is 33.5 Å². The van der Waals surface area contributed by atoms with E-state index in [4.69, 9.17) is 9.47 Å². The highest BCUT2D eigenvalue weighted by molar-refractivity contribution is 5.13. The fourth-order valence-corrected chi connectivity index (χ4v) is 0.486. The summed E-state index contributed by atoms with van der Waals surface area (Å²) < 4.78 is 10.2. The molecule has 0 rings (SSSR count). The molecule has 0 unspecified atom stereocenters. The Kier molecular flexibility index (Phi) is 3.76. The first-order chi connectivity index (χ1) is 5.33. The fourth-order valence-electron chi connectivity index (χ4n) is 0.486. The highest BCUT2D eigenvalue weighted by atomic mass is 16.7. The maximum atomic E-state index is 5.09. The zero-order valence-electron chi connectivity index (χ0n) is 8.82. The average Bonchev–Trinajstić information content (AvgIpc) is 1.99. The molecule has 0 atom stereocenters. The Balaban J connectivity index is 4.46. The minimum absolute atomic E-state index is 0.0156. The van der Waals surface area contributed by atoms with Gasteiger partial charge in [-0.2, -0.15) is 0 Å². The van der Waals surface area contributed by atoms with Crippen LogP contribution in [0.25, 0.3) is 0 Å². The summed E-state index contributed by atoms with van der Waals surface area (Å²) in [4.78, 5) is 0. The molecule has 0 saturated heterocycles. The van der Waals surface area contributed by atoms with Crippen LogP contribution < -0.4 is 0 Å². The van der Waals surface area contributed by atoms with Crippen LogP contribution in [0.1, 0.15) is 27.7 Å². The highest BCUT2D eigenvalue weighted by Gasteiger charge is 2.19. The van der Waals surface area contributed by atoms with Gasteiger partial charge in [-0.15, -0.1) is 0 Å². The molecule has 70 valence electrons. The molecule has 0 saturated carbocycles. The molecule has 0 aromatic heterocycles. The van der Waals surface area contributed by atoms with Gasteiger partial charge in [0.25, 0.3) is 0 Å². The van der Waals surface area contributed by atoms with Gasteiger partial charge in [0, 0.05) is 26.6 Å². The molecule has 0 radical (unpaired) electrons. The first kappa shape index (κ1) is 11.5. The van der Waals surface area contributed by atoms with E-state index in [0.717, 1.165) is 0 Å². The van der Waals surface area contributed by atoms with Gasteiger partial charge in [-0.25, -0.2) is 0 Å². The largest absolute Gasteiger partial charge is 0.343 e. The van der Waals surface area contributed by atoms with Gasteiger partial charge in [0.2, 0.25) is 5.79 Å². The molecule has 0 amide bonds. The second-order valence-electron chi connectivity index (χ2n) is 3.85. The summed E-state index contributed by atoms with van der Waals surface area (Å²) >= 11 is 0. The first-order valence-corrected chi connectivity index (χ1v) is 3.97. The Morgan fingerprint density at radius 2 is 1.25 bits per heavy atom. The van der Waals surface area contributed by atoms with Crippen molar-refractivity contribution in [3.8, 4) is 11.8 Å². The molecule has 0 fully saturated rings. The molecule has 0 heterocycles. The van der Waals surface area contributed by atoms with Crippen LogP contribution in [0.5, 0.6) is 0 Å². The van der Waals surface area contributed by atoms with Gasteiger partial charge < -0.3 is 9.47 Å². The minimum atomic E-state index is -0.771.